The van der Waals surface area contributed by atoms with E-state index < -0.39 is 0 Å². The van der Waals surface area contributed by atoms with E-state index in [4.69, 9.17) is 0 Å². The molecule has 1 amide bonds. The van der Waals surface area contributed by atoms with Gasteiger partial charge in [-0.15, -0.1) is 0 Å². The maximum atomic E-state index is 11.8. The summed E-state index contributed by atoms with van der Waals surface area (Å²) in [5.74, 6) is -0.0359. The van der Waals surface area contributed by atoms with Gasteiger partial charge in [-0.25, -0.2) is 0 Å². The largest absolute Gasteiger partial charge is 0.356 e. The number of amides is 1. The van der Waals surface area contributed by atoms with E-state index >= 15 is 0 Å². The fourth-order valence-corrected chi connectivity index (χ4v) is 1.63. The van der Waals surface area contributed by atoms with E-state index in [2.05, 4.69) is 5.32 Å². The number of nitrogens with zero attached hydrogens (tertiary/aromatic N) is 1. The van der Waals surface area contributed by atoms with Crippen molar-refractivity contribution in [3.63, 3.8) is 0 Å². The Bertz CT molecular complexity index is 511. The van der Waals surface area contributed by atoms with Crippen molar-refractivity contribution in [1.82, 2.24) is 9.88 Å². The molecule has 0 aliphatic rings. The zero-order chi connectivity index (χ0) is 12.3. The number of benzene rings is 1. The molecule has 0 saturated heterocycles. The third-order valence-electron chi connectivity index (χ3n) is 2.67. The molecule has 88 valence electrons. The monoisotopic (exact) mass is 228 g/mol. The second kappa shape index (κ2) is 4.87. The van der Waals surface area contributed by atoms with Crippen LogP contribution >= 0.6 is 0 Å². The number of aryl methyl sites for hydroxylation is 2. The van der Waals surface area contributed by atoms with Gasteiger partial charge in [0.05, 0.1) is 5.56 Å². The molecule has 0 aliphatic heterocycles. The van der Waals surface area contributed by atoms with E-state index in [0.717, 1.165) is 5.56 Å². The molecule has 3 heteroatoms. The van der Waals surface area contributed by atoms with Crippen molar-refractivity contribution in [1.29, 1.82) is 0 Å². The number of hydrogen-bond acceptors (Lipinski definition) is 1. The van der Waals surface area contributed by atoms with Gasteiger partial charge in [0.1, 0.15) is 0 Å². The predicted molar refractivity (Wildman–Crippen MR) is 67.8 cm³/mol. The van der Waals surface area contributed by atoms with Gasteiger partial charge in [0.25, 0.3) is 5.91 Å². The maximum Gasteiger partial charge on any atom is 0.253 e. The molecule has 0 radical (unpaired) electrons. The second-order valence-electron chi connectivity index (χ2n) is 4.23. The summed E-state index contributed by atoms with van der Waals surface area (Å²) in [7, 11) is 1.90. The topological polar surface area (TPSA) is 34.0 Å². The Balaban J connectivity index is 1.94. The second-order valence-corrected chi connectivity index (χ2v) is 4.23. The standard InChI is InChI=1S/C14H16N2O/c1-11-3-5-12(6-4-11)9-15-14(17)13-7-8-16(2)10-13/h3-8,10H,9H2,1-2H3,(H,15,17). The van der Waals surface area contributed by atoms with Gasteiger partial charge in [0.15, 0.2) is 0 Å². The van der Waals surface area contributed by atoms with E-state index in [1.807, 2.05) is 61.3 Å². The van der Waals surface area contributed by atoms with Crippen molar-refractivity contribution in [3.05, 3.63) is 59.4 Å². The average molecular weight is 228 g/mol. The van der Waals surface area contributed by atoms with Crippen LogP contribution in [0.25, 0.3) is 0 Å². The molecule has 17 heavy (non-hydrogen) atoms. The van der Waals surface area contributed by atoms with E-state index in [1.54, 1.807) is 0 Å². The van der Waals surface area contributed by atoms with Gasteiger partial charge in [-0.3, -0.25) is 4.79 Å². The first-order valence-corrected chi connectivity index (χ1v) is 5.61. The molecule has 0 spiro atoms. The van der Waals surface area contributed by atoms with Crippen LogP contribution in [0.2, 0.25) is 0 Å². The van der Waals surface area contributed by atoms with Crippen LogP contribution in [-0.4, -0.2) is 10.5 Å². The molecule has 3 nitrogen and oxygen atoms in total. The lowest BCUT2D eigenvalue weighted by atomic mass is 10.1. The lowest BCUT2D eigenvalue weighted by Crippen LogP contribution is -2.22. The fourth-order valence-electron chi connectivity index (χ4n) is 1.63. The van der Waals surface area contributed by atoms with E-state index in [-0.39, 0.29) is 5.91 Å². The average Bonchev–Trinajstić information content (AvgIpc) is 2.75. The summed E-state index contributed by atoms with van der Waals surface area (Å²) in [5.41, 5.74) is 3.03. The van der Waals surface area contributed by atoms with Crippen LogP contribution in [0.5, 0.6) is 0 Å². The van der Waals surface area contributed by atoms with Crippen molar-refractivity contribution < 1.29 is 4.79 Å². The van der Waals surface area contributed by atoms with E-state index in [0.29, 0.717) is 12.1 Å². The Hall–Kier alpha value is -2.03. The molecule has 0 bridgehead atoms. The van der Waals surface area contributed by atoms with Crippen molar-refractivity contribution in [2.45, 2.75) is 13.5 Å². The summed E-state index contributed by atoms with van der Waals surface area (Å²) < 4.78 is 1.86. The smallest absolute Gasteiger partial charge is 0.253 e. The molecule has 1 heterocycles. The number of carbonyl (C=O) groups is 1. The van der Waals surface area contributed by atoms with Crippen LogP contribution in [0.15, 0.2) is 42.7 Å². The molecule has 2 rings (SSSR count). The third kappa shape index (κ3) is 2.97. The van der Waals surface area contributed by atoms with Gasteiger partial charge in [-0.05, 0) is 18.6 Å². The summed E-state index contributed by atoms with van der Waals surface area (Å²) in [5, 5.41) is 2.90. The SMILES string of the molecule is Cc1ccc(CNC(=O)c2ccn(C)c2)cc1. The molecule has 0 aliphatic carbocycles. The molecule has 2 aromatic rings. The van der Waals surface area contributed by atoms with Crippen molar-refractivity contribution in [2.75, 3.05) is 0 Å². The highest BCUT2D eigenvalue weighted by molar-refractivity contribution is 5.93. The molecule has 0 fully saturated rings. The first-order valence-electron chi connectivity index (χ1n) is 5.61. The number of hydrogen-bond donors (Lipinski definition) is 1. The highest BCUT2D eigenvalue weighted by atomic mass is 16.1. The van der Waals surface area contributed by atoms with Gasteiger partial charge >= 0.3 is 0 Å². The van der Waals surface area contributed by atoms with Crippen LogP contribution < -0.4 is 5.32 Å². The Morgan fingerprint density at radius 2 is 1.94 bits per heavy atom. The quantitative estimate of drug-likeness (QED) is 0.859. The summed E-state index contributed by atoms with van der Waals surface area (Å²) in [6, 6.07) is 9.96. The third-order valence-corrected chi connectivity index (χ3v) is 2.67. The normalized spacial score (nSPS) is 10.2. The Labute approximate surface area is 101 Å². The lowest BCUT2D eigenvalue weighted by Gasteiger charge is -2.04. The van der Waals surface area contributed by atoms with Gasteiger partial charge < -0.3 is 9.88 Å². The zero-order valence-electron chi connectivity index (χ0n) is 10.1. The Morgan fingerprint density at radius 1 is 1.24 bits per heavy atom. The van der Waals surface area contributed by atoms with Crippen LogP contribution in [0.1, 0.15) is 21.5 Å². The molecular weight excluding hydrogens is 212 g/mol. The molecule has 1 aromatic heterocycles. The van der Waals surface area contributed by atoms with Crippen molar-refractivity contribution >= 4 is 5.91 Å². The number of aromatic nitrogens is 1. The van der Waals surface area contributed by atoms with Gasteiger partial charge in [0.2, 0.25) is 0 Å². The van der Waals surface area contributed by atoms with Crippen LogP contribution in [0.3, 0.4) is 0 Å². The molecule has 0 atom stereocenters. The summed E-state index contributed by atoms with van der Waals surface area (Å²) in [4.78, 5) is 11.8. The highest BCUT2D eigenvalue weighted by Gasteiger charge is 2.05. The minimum absolute atomic E-state index is 0.0359. The molecular formula is C14H16N2O. The first-order chi connectivity index (χ1) is 8.15. The Kier molecular flexibility index (Phi) is 3.28. The Morgan fingerprint density at radius 3 is 2.53 bits per heavy atom. The van der Waals surface area contributed by atoms with Crippen LogP contribution in [-0.2, 0) is 13.6 Å². The van der Waals surface area contributed by atoms with Crippen LogP contribution in [0, 0.1) is 6.92 Å². The minimum Gasteiger partial charge on any atom is -0.356 e. The lowest BCUT2D eigenvalue weighted by molar-refractivity contribution is 0.0951. The summed E-state index contributed by atoms with van der Waals surface area (Å²) in [6.45, 7) is 2.61. The highest BCUT2D eigenvalue weighted by Crippen LogP contribution is 2.04. The van der Waals surface area contributed by atoms with Gasteiger partial charge in [-0.1, -0.05) is 29.8 Å². The van der Waals surface area contributed by atoms with E-state index in [1.165, 1.54) is 5.56 Å². The molecule has 1 N–H and O–H groups in total. The zero-order valence-corrected chi connectivity index (χ0v) is 10.1. The number of rotatable bonds is 3. The number of carbonyl (C=O) groups excluding carboxylic acids is 1. The van der Waals surface area contributed by atoms with Gasteiger partial charge in [-0.2, -0.15) is 0 Å². The maximum absolute atomic E-state index is 11.8. The molecule has 1 aromatic carbocycles. The number of nitrogens with one attached hydrogen (secondary N) is 1. The van der Waals surface area contributed by atoms with Crippen molar-refractivity contribution in [2.24, 2.45) is 7.05 Å². The van der Waals surface area contributed by atoms with Gasteiger partial charge in [0, 0.05) is 26.0 Å². The summed E-state index contributed by atoms with van der Waals surface area (Å²) >= 11 is 0. The predicted octanol–water partition coefficient (Wildman–Crippen LogP) is 2.26. The first kappa shape index (κ1) is 11.5. The van der Waals surface area contributed by atoms with Crippen molar-refractivity contribution in [3.8, 4) is 0 Å². The fraction of sp³-hybridized carbons (Fsp3) is 0.214. The molecule has 0 saturated carbocycles. The van der Waals surface area contributed by atoms with E-state index in [9.17, 15) is 4.79 Å². The van der Waals surface area contributed by atoms with Crippen LogP contribution in [0.4, 0.5) is 0 Å². The summed E-state index contributed by atoms with van der Waals surface area (Å²) in [6.07, 6.45) is 3.67. The molecule has 0 unspecified atom stereocenters. The minimum atomic E-state index is -0.0359.